The topological polar surface area (TPSA) is 49.3 Å². The van der Waals surface area contributed by atoms with Crippen molar-refractivity contribution in [1.82, 2.24) is 5.32 Å². The van der Waals surface area contributed by atoms with Crippen LogP contribution < -0.4 is 5.32 Å². The lowest BCUT2D eigenvalue weighted by molar-refractivity contribution is 0.0692. The van der Waals surface area contributed by atoms with Crippen LogP contribution in [-0.2, 0) is 0 Å². The van der Waals surface area contributed by atoms with Gasteiger partial charge < -0.3 is 10.4 Å². The molecule has 4 rings (SSSR count). The standard InChI is InChI=1S/C26H28FNO2/c1-17(22-12-6-9-18-7-3-5-11-23(18)22)28-21-10-4-2-8-19(15-21)20-13-14-24(26(29)30)25(27)16-20/h3,5-7,9,11-14,16-17,19,21,28H,2,4,8,10,15H2,1H3,(H,29,30)/t17-,19?,21?/m1/s1. The molecule has 0 saturated heterocycles. The molecule has 0 bridgehead atoms. The highest BCUT2D eigenvalue weighted by Crippen LogP contribution is 2.34. The van der Waals surface area contributed by atoms with Crippen LogP contribution in [0.2, 0.25) is 0 Å². The first-order valence-electron chi connectivity index (χ1n) is 10.8. The van der Waals surface area contributed by atoms with Gasteiger partial charge in [-0.1, -0.05) is 61.4 Å². The molecule has 1 fully saturated rings. The molecule has 0 radical (unpaired) electrons. The number of halogens is 1. The summed E-state index contributed by atoms with van der Waals surface area (Å²) in [4.78, 5) is 11.1. The van der Waals surface area contributed by atoms with Gasteiger partial charge in [0, 0.05) is 12.1 Å². The van der Waals surface area contributed by atoms with Gasteiger partial charge in [-0.2, -0.15) is 0 Å². The van der Waals surface area contributed by atoms with E-state index in [1.165, 1.54) is 28.5 Å². The van der Waals surface area contributed by atoms with Gasteiger partial charge in [0.15, 0.2) is 0 Å². The molecule has 3 aromatic rings. The van der Waals surface area contributed by atoms with Crippen molar-refractivity contribution in [3.05, 3.63) is 83.2 Å². The van der Waals surface area contributed by atoms with Crippen LogP contribution in [0, 0.1) is 5.82 Å². The number of rotatable bonds is 5. The number of carboxylic acids is 1. The summed E-state index contributed by atoms with van der Waals surface area (Å²) in [6, 6.07) is 20.1. The van der Waals surface area contributed by atoms with E-state index in [0.29, 0.717) is 6.04 Å². The van der Waals surface area contributed by atoms with E-state index in [4.69, 9.17) is 5.11 Å². The van der Waals surface area contributed by atoms with Gasteiger partial charge in [-0.25, -0.2) is 9.18 Å². The van der Waals surface area contributed by atoms with E-state index in [-0.39, 0.29) is 17.5 Å². The Morgan fingerprint density at radius 1 is 1.07 bits per heavy atom. The van der Waals surface area contributed by atoms with E-state index in [2.05, 4.69) is 54.7 Å². The highest BCUT2D eigenvalue weighted by molar-refractivity contribution is 5.88. The Balaban J connectivity index is 1.52. The average Bonchev–Trinajstić information content (AvgIpc) is 2.98. The van der Waals surface area contributed by atoms with Crippen molar-refractivity contribution in [2.45, 2.75) is 57.0 Å². The molecule has 3 aromatic carbocycles. The van der Waals surface area contributed by atoms with E-state index in [0.717, 1.165) is 37.7 Å². The molecule has 2 N–H and O–H groups in total. The van der Waals surface area contributed by atoms with E-state index in [1.54, 1.807) is 6.07 Å². The molecule has 2 unspecified atom stereocenters. The number of nitrogens with one attached hydrogen (secondary N) is 1. The minimum absolute atomic E-state index is 0.214. The molecule has 1 aliphatic rings. The highest BCUT2D eigenvalue weighted by atomic mass is 19.1. The van der Waals surface area contributed by atoms with Gasteiger partial charge in [0.1, 0.15) is 5.82 Å². The molecule has 0 amide bonds. The Bertz CT molecular complexity index is 1040. The van der Waals surface area contributed by atoms with Gasteiger partial charge in [0.25, 0.3) is 0 Å². The lowest BCUT2D eigenvalue weighted by atomic mass is 9.89. The Morgan fingerprint density at radius 3 is 2.63 bits per heavy atom. The number of hydrogen-bond acceptors (Lipinski definition) is 2. The van der Waals surface area contributed by atoms with Crippen LogP contribution in [-0.4, -0.2) is 17.1 Å². The first-order valence-corrected chi connectivity index (χ1v) is 10.8. The van der Waals surface area contributed by atoms with E-state index in [9.17, 15) is 9.18 Å². The van der Waals surface area contributed by atoms with Crippen LogP contribution >= 0.6 is 0 Å². The minimum atomic E-state index is -1.22. The number of benzene rings is 3. The lowest BCUT2D eigenvalue weighted by Gasteiger charge is -2.26. The summed E-state index contributed by atoms with van der Waals surface area (Å²) in [7, 11) is 0. The van der Waals surface area contributed by atoms with Crippen molar-refractivity contribution in [2.75, 3.05) is 0 Å². The molecule has 1 saturated carbocycles. The number of aromatic carboxylic acids is 1. The highest BCUT2D eigenvalue weighted by Gasteiger charge is 2.24. The van der Waals surface area contributed by atoms with Crippen LogP contribution in [0.5, 0.6) is 0 Å². The summed E-state index contributed by atoms with van der Waals surface area (Å²) in [6.45, 7) is 2.21. The summed E-state index contributed by atoms with van der Waals surface area (Å²) >= 11 is 0. The second-order valence-corrected chi connectivity index (χ2v) is 8.42. The quantitative estimate of drug-likeness (QED) is 0.480. The third-order valence-electron chi connectivity index (χ3n) is 6.39. The van der Waals surface area contributed by atoms with Gasteiger partial charge in [0.05, 0.1) is 5.56 Å². The molecular formula is C26H28FNO2. The monoisotopic (exact) mass is 405 g/mol. The maximum Gasteiger partial charge on any atom is 0.338 e. The summed E-state index contributed by atoms with van der Waals surface area (Å²) in [6.07, 6.45) is 5.29. The van der Waals surface area contributed by atoms with E-state index in [1.807, 2.05) is 0 Å². The van der Waals surface area contributed by atoms with Crippen molar-refractivity contribution in [1.29, 1.82) is 0 Å². The smallest absolute Gasteiger partial charge is 0.338 e. The second kappa shape index (κ2) is 8.97. The first kappa shape index (κ1) is 20.5. The Morgan fingerprint density at radius 2 is 1.83 bits per heavy atom. The molecule has 3 atom stereocenters. The maximum absolute atomic E-state index is 14.2. The van der Waals surface area contributed by atoms with Gasteiger partial charge >= 0.3 is 5.97 Å². The zero-order valence-electron chi connectivity index (χ0n) is 17.3. The number of fused-ring (bicyclic) bond motifs is 1. The molecule has 156 valence electrons. The van der Waals surface area contributed by atoms with Crippen LogP contribution in [0.25, 0.3) is 10.8 Å². The van der Waals surface area contributed by atoms with Gasteiger partial charge in [-0.15, -0.1) is 0 Å². The first-order chi connectivity index (χ1) is 14.5. The molecule has 3 nitrogen and oxygen atoms in total. The van der Waals surface area contributed by atoms with Crippen LogP contribution in [0.3, 0.4) is 0 Å². The van der Waals surface area contributed by atoms with E-state index < -0.39 is 11.8 Å². The number of carboxylic acid groups (broad SMARTS) is 1. The molecule has 0 heterocycles. The van der Waals surface area contributed by atoms with E-state index >= 15 is 0 Å². The predicted octanol–water partition coefficient (Wildman–Crippen LogP) is 6.44. The third-order valence-corrected chi connectivity index (χ3v) is 6.39. The minimum Gasteiger partial charge on any atom is -0.478 e. The lowest BCUT2D eigenvalue weighted by Crippen LogP contribution is -2.32. The summed E-state index contributed by atoms with van der Waals surface area (Å²) in [5.41, 5.74) is 1.95. The molecule has 0 aliphatic heterocycles. The van der Waals surface area contributed by atoms with Gasteiger partial charge in [-0.3, -0.25) is 0 Å². The fourth-order valence-corrected chi connectivity index (χ4v) is 4.84. The molecule has 1 aliphatic carbocycles. The zero-order valence-corrected chi connectivity index (χ0v) is 17.3. The summed E-state index contributed by atoms with van der Waals surface area (Å²) < 4.78 is 14.2. The van der Waals surface area contributed by atoms with Crippen LogP contribution in [0.15, 0.2) is 60.7 Å². The predicted molar refractivity (Wildman–Crippen MR) is 118 cm³/mol. The normalized spacial score (nSPS) is 20.6. The van der Waals surface area contributed by atoms with Gasteiger partial charge in [-0.05, 0) is 66.1 Å². The molecule has 0 aromatic heterocycles. The number of carbonyl (C=O) groups is 1. The van der Waals surface area contributed by atoms with Crippen LogP contribution in [0.1, 0.15) is 72.5 Å². The molecular weight excluding hydrogens is 377 g/mol. The van der Waals surface area contributed by atoms with Crippen molar-refractivity contribution < 1.29 is 14.3 Å². The fraction of sp³-hybridized carbons (Fsp3) is 0.346. The second-order valence-electron chi connectivity index (χ2n) is 8.42. The zero-order chi connectivity index (χ0) is 21.1. The average molecular weight is 406 g/mol. The third kappa shape index (κ3) is 4.39. The molecule has 4 heteroatoms. The summed E-state index contributed by atoms with van der Waals surface area (Å²) in [5.74, 6) is -1.62. The Hall–Kier alpha value is -2.72. The van der Waals surface area contributed by atoms with Crippen molar-refractivity contribution in [3.63, 3.8) is 0 Å². The number of hydrogen-bond donors (Lipinski definition) is 2. The van der Waals surface area contributed by atoms with Gasteiger partial charge in [0.2, 0.25) is 0 Å². The maximum atomic E-state index is 14.2. The largest absolute Gasteiger partial charge is 0.478 e. The molecule has 30 heavy (non-hydrogen) atoms. The van der Waals surface area contributed by atoms with Crippen molar-refractivity contribution in [2.24, 2.45) is 0 Å². The molecule has 0 spiro atoms. The SMILES string of the molecule is C[C@@H](NC1CCCCC(c2ccc(C(=O)O)c(F)c2)C1)c1cccc2ccccc12. The van der Waals surface area contributed by atoms with Crippen molar-refractivity contribution >= 4 is 16.7 Å². The van der Waals surface area contributed by atoms with Crippen LogP contribution in [0.4, 0.5) is 4.39 Å². The van der Waals surface area contributed by atoms with Crippen molar-refractivity contribution in [3.8, 4) is 0 Å². The summed E-state index contributed by atoms with van der Waals surface area (Å²) in [5, 5.41) is 15.4. The Labute approximate surface area is 176 Å². The fourth-order valence-electron chi connectivity index (χ4n) is 4.84. The Kier molecular flexibility index (Phi) is 6.14.